The number of nitrogens with zero attached hydrogens (tertiary/aromatic N) is 5. The van der Waals surface area contributed by atoms with Crippen LogP contribution >= 0.6 is 22.6 Å². The zero-order valence-electron chi connectivity index (χ0n) is 27.3. The zero-order valence-corrected chi connectivity index (χ0v) is 29.4. The summed E-state index contributed by atoms with van der Waals surface area (Å²) in [6, 6.07) is 59.7. The highest BCUT2D eigenvalue weighted by Crippen LogP contribution is 2.40. The topological polar surface area (TPSA) is 48.5 Å². The Labute approximate surface area is 307 Å². The SMILES string of the molecule is Ic1ccc(-c2nc(-c3ccccc3)nc(-c3cccc(-n4c5ccccc5c5cc6c7ccccc7n(-c7ccccc7)c6cc54)c3)n2)cc1. The molecule has 0 spiro atoms. The first-order valence-electron chi connectivity index (χ1n) is 16.9. The van der Waals surface area contributed by atoms with Gasteiger partial charge in [-0.25, -0.2) is 15.0 Å². The van der Waals surface area contributed by atoms with Crippen LogP contribution in [0.3, 0.4) is 0 Å². The van der Waals surface area contributed by atoms with Crippen LogP contribution in [0.15, 0.2) is 170 Å². The monoisotopic (exact) mass is 765 g/mol. The number of para-hydroxylation sites is 3. The van der Waals surface area contributed by atoms with Gasteiger partial charge in [-0.15, -0.1) is 0 Å². The van der Waals surface area contributed by atoms with E-state index in [0.717, 1.165) is 42.7 Å². The second kappa shape index (κ2) is 12.0. The smallest absolute Gasteiger partial charge is 0.164 e. The number of hydrogen-bond acceptors (Lipinski definition) is 3. The number of fused-ring (bicyclic) bond motifs is 6. The van der Waals surface area contributed by atoms with Crippen LogP contribution in [0.5, 0.6) is 0 Å². The molecule has 0 atom stereocenters. The summed E-state index contributed by atoms with van der Waals surface area (Å²) in [6.07, 6.45) is 0. The lowest BCUT2D eigenvalue weighted by Gasteiger charge is -2.12. The first-order valence-corrected chi connectivity index (χ1v) is 18.0. The van der Waals surface area contributed by atoms with E-state index in [1.807, 2.05) is 30.3 Å². The van der Waals surface area contributed by atoms with Crippen LogP contribution in [-0.2, 0) is 0 Å². The Hall–Kier alpha value is -6.12. The molecule has 0 aliphatic rings. The molecule has 6 heteroatoms. The summed E-state index contributed by atoms with van der Waals surface area (Å²) in [5.41, 5.74) is 9.65. The Bertz CT molecular complexity index is 2910. The van der Waals surface area contributed by atoms with E-state index in [4.69, 9.17) is 15.0 Å². The van der Waals surface area contributed by atoms with Crippen molar-refractivity contribution >= 4 is 66.2 Å². The van der Waals surface area contributed by atoms with Crippen LogP contribution in [0, 0.1) is 3.57 Å². The maximum atomic E-state index is 5.05. The molecule has 0 fully saturated rings. The van der Waals surface area contributed by atoms with Gasteiger partial charge in [-0.3, -0.25) is 0 Å². The van der Waals surface area contributed by atoms with E-state index < -0.39 is 0 Å². The van der Waals surface area contributed by atoms with E-state index in [1.165, 1.54) is 32.6 Å². The highest BCUT2D eigenvalue weighted by atomic mass is 127. The van der Waals surface area contributed by atoms with Crippen molar-refractivity contribution < 1.29 is 0 Å². The molecule has 0 amide bonds. The standard InChI is InChI=1S/C45H28IN5/c46-32-24-22-30(23-25-32)44-47-43(29-12-3-1-4-13-29)48-45(49-44)31-14-11-17-34(26-31)51-40-21-10-8-19-36(40)38-27-37-35-18-7-9-20-39(35)50(41(37)28-42(38)51)33-15-5-2-6-16-33/h1-28H. The van der Waals surface area contributed by atoms with Crippen molar-refractivity contribution in [2.45, 2.75) is 0 Å². The van der Waals surface area contributed by atoms with E-state index in [9.17, 15) is 0 Å². The third kappa shape index (κ3) is 5.02. The molecule has 0 aliphatic carbocycles. The molecular weight excluding hydrogens is 737 g/mol. The first kappa shape index (κ1) is 29.8. The van der Waals surface area contributed by atoms with Crippen molar-refractivity contribution in [1.29, 1.82) is 0 Å². The van der Waals surface area contributed by atoms with Crippen LogP contribution in [-0.4, -0.2) is 24.1 Å². The Morgan fingerprint density at radius 1 is 0.333 bits per heavy atom. The molecule has 5 nitrogen and oxygen atoms in total. The van der Waals surface area contributed by atoms with Gasteiger partial charge in [-0.2, -0.15) is 0 Å². The third-order valence-electron chi connectivity index (χ3n) is 9.61. The molecule has 10 rings (SSSR count). The number of aromatic nitrogens is 5. The van der Waals surface area contributed by atoms with Crippen molar-refractivity contribution in [3.8, 4) is 45.5 Å². The molecule has 3 heterocycles. The van der Waals surface area contributed by atoms with E-state index >= 15 is 0 Å². The molecule has 3 aromatic heterocycles. The Morgan fingerprint density at radius 3 is 1.43 bits per heavy atom. The number of benzene rings is 7. The first-order chi connectivity index (χ1) is 25.2. The van der Waals surface area contributed by atoms with Gasteiger partial charge in [0.2, 0.25) is 0 Å². The van der Waals surface area contributed by atoms with Gasteiger partial charge in [-0.1, -0.05) is 109 Å². The van der Waals surface area contributed by atoms with Gasteiger partial charge in [0.1, 0.15) is 0 Å². The minimum Gasteiger partial charge on any atom is -0.309 e. The third-order valence-corrected chi connectivity index (χ3v) is 10.3. The molecule has 51 heavy (non-hydrogen) atoms. The largest absolute Gasteiger partial charge is 0.309 e. The van der Waals surface area contributed by atoms with E-state index in [2.05, 4.69) is 171 Å². The molecule has 0 aliphatic heterocycles. The summed E-state index contributed by atoms with van der Waals surface area (Å²) in [5.74, 6) is 1.92. The molecule has 10 aromatic rings. The van der Waals surface area contributed by atoms with E-state index in [0.29, 0.717) is 17.5 Å². The lowest BCUT2D eigenvalue weighted by atomic mass is 10.1. The van der Waals surface area contributed by atoms with Gasteiger partial charge in [-0.05, 0) is 83.3 Å². The maximum Gasteiger partial charge on any atom is 0.164 e. The average molecular weight is 766 g/mol. The average Bonchev–Trinajstić information content (AvgIpc) is 3.70. The van der Waals surface area contributed by atoms with Crippen molar-refractivity contribution in [3.05, 3.63) is 173 Å². The normalized spacial score (nSPS) is 11.6. The summed E-state index contributed by atoms with van der Waals surface area (Å²) in [6.45, 7) is 0. The van der Waals surface area contributed by atoms with Crippen LogP contribution < -0.4 is 0 Å². The highest BCUT2D eigenvalue weighted by Gasteiger charge is 2.19. The van der Waals surface area contributed by atoms with Gasteiger partial charge in [0.05, 0.1) is 22.1 Å². The van der Waals surface area contributed by atoms with Crippen LogP contribution in [0.2, 0.25) is 0 Å². The Kier molecular flexibility index (Phi) is 7.02. The van der Waals surface area contributed by atoms with Crippen LogP contribution in [0.25, 0.3) is 89.2 Å². The van der Waals surface area contributed by atoms with E-state index in [1.54, 1.807) is 0 Å². The molecule has 0 saturated heterocycles. The highest BCUT2D eigenvalue weighted by molar-refractivity contribution is 14.1. The second-order valence-electron chi connectivity index (χ2n) is 12.7. The second-order valence-corrected chi connectivity index (χ2v) is 13.9. The summed E-state index contributed by atoms with van der Waals surface area (Å²) < 4.78 is 5.92. The van der Waals surface area contributed by atoms with Crippen LogP contribution in [0.1, 0.15) is 0 Å². The Morgan fingerprint density at radius 2 is 0.804 bits per heavy atom. The molecule has 0 bridgehead atoms. The number of rotatable bonds is 5. The van der Waals surface area contributed by atoms with Crippen LogP contribution in [0.4, 0.5) is 0 Å². The lowest BCUT2D eigenvalue weighted by Crippen LogP contribution is -2.01. The van der Waals surface area contributed by atoms with Gasteiger partial charge in [0.15, 0.2) is 17.5 Å². The van der Waals surface area contributed by atoms with Crippen molar-refractivity contribution in [2.24, 2.45) is 0 Å². The predicted molar refractivity (Wildman–Crippen MR) is 218 cm³/mol. The van der Waals surface area contributed by atoms with Gasteiger partial charge in [0.25, 0.3) is 0 Å². The van der Waals surface area contributed by atoms with Gasteiger partial charge in [0, 0.05) is 53.2 Å². The van der Waals surface area contributed by atoms with Crippen molar-refractivity contribution in [2.75, 3.05) is 0 Å². The number of hydrogen-bond donors (Lipinski definition) is 0. The molecule has 0 N–H and O–H groups in total. The molecule has 0 radical (unpaired) electrons. The van der Waals surface area contributed by atoms with Gasteiger partial charge < -0.3 is 9.13 Å². The van der Waals surface area contributed by atoms with Crippen molar-refractivity contribution in [3.63, 3.8) is 0 Å². The molecular formula is C45H28IN5. The Balaban J connectivity index is 1.21. The minimum absolute atomic E-state index is 0.631. The fraction of sp³-hybridized carbons (Fsp3) is 0. The predicted octanol–water partition coefficient (Wildman–Crippen LogP) is 11.7. The lowest BCUT2D eigenvalue weighted by molar-refractivity contribution is 1.07. The molecule has 0 saturated carbocycles. The summed E-state index contributed by atoms with van der Waals surface area (Å²) >= 11 is 2.32. The fourth-order valence-electron chi connectivity index (χ4n) is 7.30. The number of halogens is 1. The summed E-state index contributed by atoms with van der Waals surface area (Å²) in [7, 11) is 0. The van der Waals surface area contributed by atoms with Gasteiger partial charge >= 0.3 is 0 Å². The maximum absolute atomic E-state index is 5.05. The molecule has 240 valence electrons. The van der Waals surface area contributed by atoms with E-state index in [-0.39, 0.29) is 0 Å². The zero-order chi connectivity index (χ0) is 33.9. The molecule has 0 unspecified atom stereocenters. The molecule has 7 aromatic carbocycles. The quantitative estimate of drug-likeness (QED) is 0.164. The fourth-order valence-corrected chi connectivity index (χ4v) is 7.66. The summed E-state index contributed by atoms with van der Waals surface area (Å²) in [4.78, 5) is 15.0. The minimum atomic E-state index is 0.631. The summed E-state index contributed by atoms with van der Waals surface area (Å²) in [5, 5.41) is 4.90. The van der Waals surface area contributed by atoms with Crippen molar-refractivity contribution in [1.82, 2.24) is 24.1 Å².